The van der Waals surface area contributed by atoms with Crippen LogP contribution in [0, 0.1) is 0 Å². The van der Waals surface area contributed by atoms with E-state index in [9.17, 15) is 4.79 Å². The molecule has 2 rings (SSSR count). The van der Waals surface area contributed by atoms with Gasteiger partial charge < -0.3 is 10.6 Å². The van der Waals surface area contributed by atoms with Crippen molar-refractivity contribution in [3.05, 3.63) is 34.3 Å². The summed E-state index contributed by atoms with van der Waals surface area (Å²) in [6, 6.07) is 8.00. The summed E-state index contributed by atoms with van der Waals surface area (Å²) >= 11 is 3.52. The molecule has 0 unspecified atom stereocenters. The van der Waals surface area contributed by atoms with Crippen LogP contribution in [0.5, 0.6) is 0 Å². The Hall–Kier alpha value is -0.870. The van der Waals surface area contributed by atoms with Gasteiger partial charge in [0.1, 0.15) is 0 Å². The highest BCUT2D eigenvalue weighted by Gasteiger charge is 2.31. The molecule has 0 saturated heterocycles. The SMILES string of the molecule is CN(Cc1ccccc1Br)C(=O)CC1(N)CCCCC1. The summed E-state index contributed by atoms with van der Waals surface area (Å²) in [6.45, 7) is 0.621. The summed E-state index contributed by atoms with van der Waals surface area (Å²) in [7, 11) is 1.86. The maximum Gasteiger partial charge on any atom is 0.224 e. The number of nitrogens with two attached hydrogens (primary N) is 1. The maximum atomic E-state index is 12.4. The van der Waals surface area contributed by atoms with E-state index < -0.39 is 0 Å². The molecule has 0 atom stereocenters. The van der Waals surface area contributed by atoms with Crippen LogP contribution in [0.4, 0.5) is 0 Å². The highest BCUT2D eigenvalue weighted by molar-refractivity contribution is 9.10. The van der Waals surface area contributed by atoms with Gasteiger partial charge >= 0.3 is 0 Å². The van der Waals surface area contributed by atoms with E-state index in [2.05, 4.69) is 15.9 Å². The average molecular weight is 339 g/mol. The van der Waals surface area contributed by atoms with Gasteiger partial charge in [0.15, 0.2) is 0 Å². The number of carbonyl (C=O) groups is 1. The molecule has 20 heavy (non-hydrogen) atoms. The predicted molar refractivity (Wildman–Crippen MR) is 85.2 cm³/mol. The third-order valence-electron chi connectivity index (χ3n) is 4.14. The molecule has 1 saturated carbocycles. The van der Waals surface area contributed by atoms with E-state index in [1.807, 2.05) is 31.3 Å². The monoisotopic (exact) mass is 338 g/mol. The quantitative estimate of drug-likeness (QED) is 0.913. The van der Waals surface area contributed by atoms with Gasteiger partial charge in [0.25, 0.3) is 0 Å². The molecule has 1 aromatic carbocycles. The number of hydrogen-bond acceptors (Lipinski definition) is 2. The molecule has 0 bridgehead atoms. The number of rotatable bonds is 4. The third kappa shape index (κ3) is 4.06. The number of amides is 1. The molecular formula is C16H23BrN2O. The second-order valence-electron chi connectivity index (χ2n) is 5.94. The molecule has 110 valence electrons. The largest absolute Gasteiger partial charge is 0.341 e. The molecule has 2 N–H and O–H groups in total. The lowest BCUT2D eigenvalue weighted by molar-refractivity contribution is -0.132. The summed E-state index contributed by atoms with van der Waals surface area (Å²) in [5.41, 5.74) is 7.21. The van der Waals surface area contributed by atoms with Crippen LogP contribution in [0.25, 0.3) is 0 Å². The summed E-state index contributed by atoms with van der Waals surface area (Å²) in [5.74, 6) is 0.144. The molecule has 0 spiro atoms. The fourth-order valence-corrected chi connectivity index (χ4v) is 3.25. The van der Waals surface area contributed by atoms with E-state index in [0.717, 1.165) is 35.7 Å². The predicted octanol–water partition coefficient (Wildman–Crippen LogP) is 3.46. The lowest BCUT2D eigenvalue weighted by Gasteiger charge is -2.34. The van der Waals surface area contributed by atoms with Crippen molar-refractivity contribution < 1.29 is 4.79 Å². The first kappa shape index (κ1) is 15.5. The van der Waals surface area contributed by atoms with Gasteiger partial charge in [-0.2, -0.15) is 0 Å². The maximum absolute atomic E-state index is 12.4. The van der Waals surface area contributed by atoms with Crippen LogP contribution < -0.4 is 5.73 Å². The molecule has 0 aromatic heterocycles. The van der Waals surface area contributed by atoms with Crippen molar-refractivity contribution in [2.24, 2.45) is 5.73 Å². The van der Waals surface area contributed by atoms with E-state index in [-0.39, 0.29) is 11.4 Å². The van der Waals surface area contributed by atoms with E-state index in [1.54, 1.807) is 4.90 Å². The van der Waals surface area contributed by atoms with Crippen LogP contribution in [-0.2, 0) is 11.3 Å². The number of benzene rings is 1. The minimum absolute atomic E-state index is 0.144. The number of nitrogens with zero attached hydrogens (tertiary/aromatic N) is 1. The van der Waals surface area contributed by atoms with Gasteiger partial charge in [0, 0.05) is 30.0 Å². The molecular weight excluding hydrogens is 316 g/mol. The molecule has 1 fully saturated rings. The number of carbonyl (C=O) groups excluding carboxylic acids is 1. The zero-order chi connectivity index (χ0) is 14.6. The molecule has 0 radical (unpaired) electrons. The van der Waals surface area contributed by atoms with Crippen molar-refractivity contribution in [2.45, 2.75) is 50.6 Å². The zero-order valence-electron chi connectivity index (χ0n) is 12.1. The van der Waals surface area contributed by atoms with E-state index in [0.29, 0.717) is 13.0 Å². The average Bonchev–Trinajstić information content (AvgIpc) is 2.41. The van der Waals surface area contributed by atoms with Gasteiger partial charge in [-0.25, -0.2) is 0 Å². The highest BCUT2D eigenvalue weighted by atomic mass is 79.9. The van der Waals surface area contributed by atoms with Crippen molar-refractivity contribution in [2.75, 3.05) is 7.05 Å². The highest BCUT2D eigenvalue weighted by Crippen LogP contribution is 2.29. The normalized spacial score (nSPS) is 17.8. The first-order chi connectivity index (χ1) is 9.50. The standard InChI is InChI=1S/C16H23BrN2O/c1-19(12-13-7-3-4-8-14(13)17)15(20)11-16(18)9-5-2-6-10-16/h3-4,7-8H,2,5-6,9-12,18H2,1H3. The van der Waals surface area contributed by atoms with Crippen LogP contribution in [0.1, 0.15) is 44.1 Å². The van der Waals surface area contributed by atoms with E-state index in [1.165, 1.54) is 6.42 Å². The van der Waals surface area contributed by atoms with Gasteiger partial charge in [-0.1, -0.05) is 53.4 Å². The Kier molecular flexibility index (Phi) is 5.22. The topological polar surface area (TPSA) is 46.3 Å². The molecule has 1 amide bonds. The minimum atomic E-state index is -0.280. The Labute approximate surface area is 129 Å². The van der Waals surface area contributed by atoms with Crippen LogP contribution in [0.2, 0.25) is 0 Å². The third-order valence-corrected chi connectivity index (χ3v) is 4.92. The number of hydrogen-bond donors (Lipinski definition) is 1. The van der Waals surface area contributed by atoms with Gasteiger partial charge in [0.2, 0.25) is 5.91 Å². The summed E-state index contributed by atoms with van der Waals surface area (Å²) in [6.07, 6.45) is 5.96. The molecule has 1 aliphatic carbocycles. The molecule has 0 aliphatic heterocycles. The second-order valence-corrected chi connectivity index (χ2v) is 6.80. The van der Waals surface area contributed by atoms with Gasteiger partial charge in [-0.3, -0.25) is 4.79 Å². The zero-order valence-corrected chi connectivity index (χ0v) is 13.7. The van der Waals surface area contributed by atoms with Crippen LogP contribution in [0.15, 0.2) is 28.7 Å². The Morgan fingerprint density at radius 3 is 2.60 bits per heavy atom. The Bertz CT molecular complexity index is 469. The van der Waals surface area contributed by atoms with Crippen LogP contribution in [-0.4, -0.2) is 23.4 Å². The van der Waals surface area contributed by atoms with Gasteiger partial charge in [-0.05, 0) is 24.5 Å². The first-order valence-corrected chi connectivity index (χ1v) is 8.06. The van der Waals surface area contributed by atoms with Crippen molar-refractivity contribution in [1.82, 2.24) is 4.90 Å². The second kappa shape index (κ2) is 6.72. The summed E-state index contributed by atoms with van der Waals surface area (Å²) in [4.78, 5) is 14.1. The Morgan fingerprint density at radius 2 is 1.95 bits per heavy atom. The molecule has 1 aromatic rings. The summed E-state index contributed by atoms with van der Waals surface area (Å²) in [5, 5.41) is 0. The molecule has 3 nitrogen and oxygen atoms in total. The Morgan fingerprint density at radius 1 is 1.30 bits per heavy atom. The molecule has 4 heteroatoms. The minimum Gasteiger partial charge on any atom is -0.341 e. The van der Waals surface area contributed by atoms with Crippen LogP contribution >= 0.6 is 15.9 Å². The molecule has 0 heterocycles. The van der Waals surface area contributed by atoms with Gasteiger partial charge in [0.05, 0.1) is 0 Å². The van der Waals surface area contributed by atoms with Gasteiger partial charge in [-0.15, -0.1) is 0 Å². The lowest BCUT2D eigenvalue weighted by atomic mass is 9.80. The summed E-state index contributed by atoms with van der Waals surface area (Å²) < 4.78 is 1.04. The number of halogens is 1. The van der Waals surface area contributed by atoms with Crippen molar-refractivity contribution in [3.63, 3.8) is 0 Å². The fourth-order valence-electron chi connectivity index (χ4n) is 2.84. The smallest absolute Gasteiger partial charge is 0.224 e. The van der Waals surface area contributed by atoms with Crippen molar-refractivity contribution in [1.29, 1.82) is 0 Å². The van der Waals surface area contributed by atoms with E-state index in [4.69, 9.17) is 5.73 Å². The van der Waals surface area contributed by atoms with E-state index >= 15 is 0 Å². The van der Waals surface area contributed by atoms with Crippen molar-refractivity contribution >= 4 is 21.8 Å². The van der Waals surface area contributed by atoms with Crippen LogP contribution in [0.3, 0.4) is 0 Å². The van der Waals surface area contributed by atoms with Crippen molar-refractivity contribution in [3.8, 4) is 0 Å². The fraction of sp³-hybridized carbons (Fsp3) is 0.562. The first-order valence-electron chi connectivity index (χ1n) is 7.26. The Balaban J connectivity index is 1.93. The lowest BCUT2D eigenvalue weighted by Crippen LogP contribution is -2.46. The molecule has 1 aliphatic rings.